The lowest BCUT2D eigenvalue weighted by molar-refractivity contribution is 0.296. The molecule has 0 aliphatic rings. The molecule has 98 valence electrons. The Kier molecular flexibility index (Phi) is 3.98. The number of nitrogens with zero attached hydrogens (tertiary/aromatic N) is 2. The fourth-order valence-corrected chi connectivity index (χ4v) is 1.82. The predicted octanol–water partition coefficient (Wildman–Crippen LogP) is 2.63. The van der Waals surface area contributed by atoms with Crippen molar-refractivity contribution >= 4 is 10.9 Å². The summed E-state index contributed by atoms with van der Waals surface area (Å²) in [6.07, 6.45) is 3.13. The van der Waals surface area contributed by atoms with Crippen LogP contribution in [0.5, 0.6) is 5.75 Å². The van der Waals surface area contributed by atoms with E-state index in [4.69, 9.17) is 15.7 Å². The fourth-order valence-electron chi connectivity index (χ4n) is 1.82. The minimum atomic E-state index is -0.770. The van der Waals surface area contributed by atoms with Crippen molar-refractivity contribution in [3.8, 4) is 11.8 Å². The molecule has 1 atom stereocenters. The second-order valence-corrected chi connectivity index (χ2v) is 4.84. The Labute approximate surface area is 112 Å². The van der Waals surface area contributed by atoms with Gasteiger partial charge in [0.2, 0.25) is 0 Å². The number of aromatic nitrogens is 1. The number of fused-ring (bicyclic) bond motifs is 1. The maximum absolute atomic E-state index is 8.80. The van der Waals surface area contributed by atoms with Crippen molar-refractivity contribution in [2.45, 2.75) is 25.3 Å². The van der Waals surface area contributed by atoms with Crippen molar-refractivity contribution < 1.29 is 4.74 Å². The fraction of sp³-hybridized carbons (Fsp3) is 0.333. The number of hydrogen-bond acceptors (Lipinski definition) is 4. The Hall–Kier alpha value is -2.12. The van der Waals surface area contributed by atoms with E-state index in [1.54, 1.807) is 13.1 Å². The highest BCUT2D eigenvalue weighted by Crippen LogP contribution is 2.19. The van der Waals surface area contributed by atoms with Crippen LogP contribution in [-0.2, 0) is 0 Å². The summed E-state index contributed by atoms with van der Waals surface area (Å²) in [4.78, 5) is 4.28. The molecule has 1 heterocycles. The van der Waals surface area contributed by atoms with Crippen molar-refractivity contribution in [3.63, 3.8) is 0 Å². The van der Waals surface area contributed by atoms with Crippen LogP contribution < -0.4 is 10.5 Å². The highest BCUT2D eigenvalue weighted by molar-refractivity contribution is 5.79. The lowest BCUT2D eigenvalue weighted by atomic mass is 10.00. The molecule has 0 fully saturated rings. The highest BCUT2D eigenvalue weighted by atomic mass is 16.5. The lowest BCUT2D eigenvalue weighted by Gasteiger charge is -2.15. The Morgan fingerprint density at radius 1 is 1.42 bits per heavy atom. The number of ether oxygens (including phenoxy) is 1. The van der Waals surface area contributed by atoms with Gasteiger partial charge in [0.25, 0.3) is 0 Å². The van der Waals surface area contributed by atoms with Gasteiger partial charge >= 0.3 is 0 Å². The predicted molar refractivity (Wildman–Crippen MR) is 74.7 cm³/mol. The van der Waals surface area contributed by atoms with Crippen LogP contribution in [0.1, 0.15) is 19.8 Å². The molecular weight excluding hydrogens is 238 g/mol. The number of nitriles is 1. The monoisotopic (exact) mass is 255 g/mol. The van der Waals surface area contributed by atoms with Crippen LogP contribution in [0.2, 0.25) is 0 Å². The molecule has 0 radical (unpaired) electrons. The van der Waals surface area contributed by atoms with Crippen LogP contribution in [0, 0.1) is 11.3 Å². The van der Waals surface area contributed by atoms with Crippen molar-refractivity contribution in [1.29, 1.82) is 5.26 Å². The van der Waals surface area contributed by atoms with Crippen molar-refractivity contribution in [2.24, 2.45) is 5.73 Å². The Bertz CT molecular complexity index is 602. The van der Waals surface area contributed by atoms with Gasteiger partial charge in [-0.2, -0.15) is 5.26 Å². The van der Waals surface area contributed by atoms with Crippen LogP contribution in [0.15, 0.2) is 36.5 Å². The lowest BCUT2D eigenvalue weighted by Crippen LogP contribution is -2.34. The largest absolute Gasteiger partial charge is 0.494 e. The van der Waals surface area contributed by atoms with Gasteiger partial charge in [-0.25, -0.2) is 0 Å². The minimum Gasteiger partial charge on any atom is -0.494 e. The second-order valence-electron chi connectivity index (χ2n) is 4.84. The maximum atomic E-state index is 8.80. The molecule has 2 N–H and O–H groups in total. The van der Waals surface area contributed by atoms with E-state index in [1.807, 2.05) is 30.3 Å². The molecule has 2 aromatic rings. The SMILES string of the molecule is CC(N)(C#N)CCCOc1ccc2cccnc2c1. The molecule has 1 aromatic carbocycles. The summed E-state index contributed by atoms with van der Waals surface area (Å²) in [5.41, 5.74) is 5.89. The molecule has 0 saturated carbocycles. The zero-order valence-electron chi connectivity index (χ0n) is 11.0. The Balaban J connectivity index is 1.90. The summed E-state index contributed by atoms with van der Waals surface area (Å²) in [6.45, 7) is 2.28. The molecule has 0 amide bonds. The van der Waals surface area contributed by atoms with E-state index in [1.165, 1.54) is 0 Å². The van der Waals surface area contributed by atoms with Crippen LogP contribution in [-0.4, -0.2) is 17.1 Å². The number of pyridine rings is 1. The molecule has 0 bridgehead atoms. The Morgan fingerprint density at radius 2 is 2.26 bits per heavy atom. The van der Waals surface area contributed by atoms with E-state index < -0.39 is 5.54 Å². The van der Waals surface area contributed by atoms with E-state index in [0.29, 0.717) is 13.0 Å². The molecular formula is C15H17N3O. The molecule has 4 nitrogen and oxygen atoms in total. The quantitative estimate of drug-likeness (QED) is 0.834. The van der Waals surface area contributed by atoms with Crippen molar-refractivity contribution in [1.82, 2.24) is 4.98 Å². The summed E-state index contributed by atoms with van der Waals surface area (Å²) in [5, 5.41) is 9.90. The van der Waals surface area contributed by atoms with Crippen LogP contribution in [0.25, 0.3) is 10.9 Å². The van der Waals surface area contributed by atoms with Crippen molar-refractivity contribution in [2.75, 3.05) is 6.61 Å². The zero-order valence-corrected chi connectivity index (χ0v) is 11.0. The van der Waals surface area contributed by atoms with Crippen LogP contribution >= 0.6 is 0 Å². The molecule has 19 heavy (non-hydrogen) atoms. The average Bonchev–Trinajstić information content (AvgIpc) is 2.43. The van der Waals surface area contributed by atoms with Gasteiger partial charge in [-0.1, -0.05) is 6.07 Å². The molecule has 0 saturated heterocycles. The number of hydrogen-bond donors (Lipinski definition) is 1. The van der Waals surface area contributed by atoms with Gasteiger partial charge in [-0.05, 0) is 38.0 Å². The molecule has 4 heteroatoms. The zero-order chi connectivity index (χ0) is 13.7. The topological polar surface area (TPSA) is 71.9 Å². The van der Waals surface area contributed by atoms with E-state index in [9.17, 15) is 0 Å². The smallest absolute Gasteiger partial charge is 0.121 e. The first-order chi connectivity index (χ1) is 9.11. The molecule has 1 unspecified atom stereocenters. The van der Waals surface area contributed by atoms with E-state index >= 15 is 0 Å². The molecule has 0 aliphatic carbocycles. The van der Waals surface area contributed by atoms with Gasteiger partial charge in [0.15, 0.2) is 0 Å². The number of nitrogens with two attached hydrogens (primary N) is 1. The van der Waals surface area contributed by atoms with Gasteiger partial charge in [0, 0.05) is 17.6 Å². The molecule has 0 spiro atoms. The third-order valence-corrected chi connectivity index (χ3v) is 2.94. The summed E-state index contributed by atoms with van der Waals surface area (Å²) in [5.74, 6) is 0.793. The first kappa shape index (κ1) is 13.3. The first-order valence-corrected chi connectivity index (χ1v) is 6.28. The van der Waals surface area contributed by atoms with Gasteiger partial charge in [0.05, 0.1) is 18.2 Å². The Morgan fingerprint density at radius 3 is 3.05 bits per heavy atom. The average molecular weight is 255 g/mol. The van der Waals surface area contributed by atoms with Crippen LogP contribution in [0.4, 0.5) is 0 Å². The van der Waals surface area contributed by atoms with Gasteiger partial charge in [0.1, 0.15) is 11.3 Å². The number of rotatable bonds is 5. The highest BCUT2D eigenvalue weighted by Gasteiger charge is 2.16. The first-order valence-electron chi connectivity index (χ1n) is 6.28. The van der Waals surface area contributed by atoms with Gasteiger partial charge < -0.3 is 10.5 Å². The van der Waals surface area contributed by atoms with E-state index in [2.05, 4.69) is 11.1 Å². The summed E-state index contributed by atoms with van der Waals surface area (Å²) < 4.78 is 5.65. The van der Waals surface area contributed by atoms with Crippen LogP contribution in [0.3, 0.4) is 0 Å². The normalized spacial score (nSPS) is 13.7. The van der Waals surface area contributed by atoms with Gasteiger partial charge in [-0.15, -0.1) is 0 Å². The minimum absolute atomic E-state index is 0.548. The molecule has 2 rings (SSSR count). The van der Waals surface area contributed by atoms with Gasteiger partial charge in [-0.3, -0.25) is 4.98 Å². The summed E-state index contributed by atoms with van der Waals surface area (Å²) >= 11 is 0. The second kappa shape index (κ2) is 5.68. The summed E-state index contributed by atoms with van der Waals surface area (Å²) in [6, 6.07) is 11.8. The maximum Gasteiger partial charge on any atom is 0.121 e. The summed E-state index contributed by atoms with van der Waals surface area (Å²) in [7, 11) is 0. The standard InChI is InChI=1S/C15H17N3O/c1-15(17,11-16)7-3-9-19-13-6-5-12-4-2-8-18-14(12)10-13/h2,4-6,8,10H,3,7,9,17H2,1H3. The molecule has 1 aromatic heterocycles. The van der Waals surface area contributed by atoms with E-state index in [0.717, 1.165) is 23.1 Å². The van der Waals surface area contributed by atoms with Crippen molar-refractivity contribution in [3.05, 3.63) is 36.5 Å². The third kappa shape index (κ3) is 3.67. The number of benzene rings is 1. The van der Waals surface area contributed by atoms with E-state index in [-0.39, 0.29) is 0 Å². The molecule has 0 aliphatic heterocycles. The third-order valence-electron chi connectivity index (χ3n) is 2.94.